The monoisotopic (exact) mass is 247 g/mol. The summed E-state index contributed by atoms with van der Waals surface area (Å²) in [6.07, 6.45) is 2.85. The van der Waals surface area contributed by atoms with Gasteiger partial charge in [-0.15, -0.1) is 0 Å². The van der Waals surface area contributed by atoms with E-state index in [4.69, 9.17) is 0 Å². The highest BCUT2D eigenvalue weighted by Crippen LogP contribution is 2.37. The molecule has 76 valence electrons. The number of carbonyl (C=O) groups is 1. The number of hydrogen-bond acceptors (Lipinski definition) is 1. The third-order valence-electron chi connectivity index (χ3n) is 2.20. The molecule has 0 heterocycles. The summed E-state index contributed by atoms with van der Waals surface area (Å²) in [5, 5.41) is 3.97. The minimum atomic E-state index is 0.0898. The van der Waals surface area contributed by atoms with Crippen LogP contribution in [0.15, 0.2) is 0 Å². The van der Waals surface area contributed by atoms with Crippen molar-refractivity contribution in [3.05, 3.63) is 0 Å². The third kappa shape index (κ3) is 3.67. The lowest BCUT2D eigenvalue weighted by Gasteiger charge is -2.20. The molecule has 1 N–H and O–H groups in total. The van der Waals surface area contributed by atoms with E-state index in [1.54, 1.807) is 0 Å². The van der Waals surface area contributed by atoms with Gasteiger partial charge in [-0.05, 0) is 18.3 Å². The van der Waals surface area contributed by atoms with Crippen LogP contribution in [-0.4, -0.2) is 16.8 Å². The van der Waals surface area contributed by atoms with Gasteiger partial charge in [0.15, 0.2) is 0 Å². The zero-order valence-electron chi connectivity index (χ0n) is 8.61. The predicted molar refractivity (Wildman–Crippen MR) is 58.0 cm³/mol. The zero-order chi connectivity index (χ0) is 10.1. The van der Waals surface area contributed by atoms with Gasteiger partial charge in [0.2, 0.25) is 5.91 Å². The maximum absolute atomic E-state index is 11.5. The number of rotatable bonds is 3. The summed E-state index contributed by atoms with van der Waals surface area (Å²) in [6, 6.07) is 0. The van der Waals surface area contributed by atoms with Crippen molar-refractivity contribution < 1.29 is 4.79 Å². The van der Waals surface area contributed by atoms with Crippen LogP contribution < -0.4 is 5.32 Å². The van der Waals surface area contributed by atoms with Crippen LogP contribution in [0.3, 0.4) is 0 Å². The molecule has 13 heavy (non-hydrogen) atoms. The molecule has 2 nitrogen and oxygen atoms in total. The van der Waals surface area contributed by atoms with Gasteiger partial charge in [-0.1, -0.05) is 36.7 Å². The van der Waals surface area contributed by atoms with Gasteiger partial charge in [0.1, 0.15) is 0 Å². The molecule has 1 fully saturated rings. The topological polar surface area (TPSA) is 29.1 Å². The maximum atomic E-state index is 11.5. The number of carbonyl (C=O) groups excluding carboxylic acids is 1. The summed E-state index contributed by atoms with van der Waals surface area (Å²) in [6.45, 7) is 6.25. The predicted octanol–water partition coefficient (Wildman–Crippen LogP) is 2.47. The molecular weight excluding hydrogens is 230 g/mol. The van der Waals surface area contributed by atoms with Crippen molar-refractivity contribution >= 4 is 21.8 Å². The average molecular weight is 248 g/mol. The molecular formula is C10H18BrNO. The second kappa shape index (κ2) is 3.60. The highest BCUT2D eigenvalue weighted by molar-refractivity contribution is 9.09. The molecule has 0 aromatic heterocycles. The van der Waals surface area contributed by atoms with Crippen LogP contribution in [0.1, 0.15) is 40.0 Å². The summed E-state index contributed by atoms with van der Waals surface area (Å²) < 4.78 is 0. The van der Waals surface area contributed by atoms with Crippen LogP contribution >= 0.6 is 15.9 Å². The first-order valence-electron chi connectivity index (χ1n) is 4.74. The molecule has 0 atom stereocenters. The van der Waals surface area contributed by atoms with E-state index < -0.39 is 0 Å². The number of hydrogen-bond donors (Lipinski definition) is 1. The Bertz CT molecular complexity index is 203. The lowest BCUT2D eigenvalue weighted by molar-refractivity contribution is -0.123. The summed E-state index contributed by atoms with van der Waals surface area (Å²) in [5.74, 6) is 0.185. The molecule has 1 aliphatic carbocycles. The summed E-state index contributed by atoms with van der Waals surface area (Å²) >= 11 is 3.43. The molecule has 3 heteroatoms. The second-order valence-electron chi connectivity index (χ2n) is 5.20. The van der Waals surface area contributed by atoms with Gasteiger partial charge in [0, 0.05) is 17.3 Å². The molecule has 0 aromatic rings. The fourth-order valence-electron chi connectivity index (χ4n) is 1.26. The van der Waals surface area contributed by atoms with Crippen molar-refractivity contribution in [2.75, 3.05) is 5.33 Å². The van der Waals surface area contributed by atoms with E-state index in [1.165, 1.54) is 0 Å². The van der Waals surface area contributed by atoms with Crippen LogP contribution in [0.25, 0.3) is 0 Å². The maximum Gasteiger partial charge on any atom is 0.220 e. The van der Waals surface area contributed by atoms with Crippen LogP contribution in [0.2, 0.25) is 0 Å². The van der Waals surface area contributed by atoms with Crippen molar-refractivity contribution in [2.24, 2.45) is 5.41 Å². The summed E-state index contributed by atoms with van der Waals surface area (Å²) in [7, 11) is 0. The zero-order valence-corrected chi connectivity index (χ0v) is 10.2. The smallest absolute Gasteiger partial charge is 0.220 e. The molecule has 0 radical (unpaired) electrons. The Balaban J connectivity index is 2.34. The van der Waals surface area contributed by atoms with E-state index in [9.17, 15) is 4.79 Å². The van der Waals surface area contributed by atoms with Gasteiger partial charge in [-0.2, -0.15) is 0 Å². The average Bonchev–Trinajstić information content (AvgIpc) is 2.65. The second-order valence-corrected chi connectivity index (χ2v) is 5.76. The van der Waals surface area contributed by atoms with E-state index in [-0.39, 0.29) is 16.9 Å². The van der Waals surface area contributed by atoms with Gasteiger partial charge in [-0.3, -0.25) is 4.79 Å². The van der Waals surface area contributed by atoms with Crippen LogP contribution in [0.5, 0.6) is 0 Å². The van der Waals surface area contributed by atoms with Gasteiger partial charge in [-0.25, -0.2) is 0 Å². The van der Waals surface area contributed by atoms with Crippen molar-refractivity contribution in [1.29, 1.82) is 0 Å². The van der Waals surface area contributed by atoms with Crippen LogP contribution in [-0.2, 0) is 4.79 Å². The molecule has 0 aliphatic heterocycles. The Morgan fingerprint density at radius 1 is 1.46 bits per heavy atom. The summed E-state index contributed by atoms with van der Waals surface area (Å²) in [4.78, 5) is 11.5. The Labute approximate surface area is 88.6 Å². The van der Waals surface area contributed by atoms with Crippen LogP contribution in [0, 0.1) is 5.41 Å². The Hall–Kier alpha value is -0.0500. The molecule has 1 rings (SSSR count). The third-order valence-corrected chi connectivity index (χ3v) is 3.28. The van der Waals surface area contributed by atoms with Crippen LogP contribution in [0.4, 0.5) is 0 Å². The van der Waals surface area contributed by atoms with Crippen molar-refractivity contribution in [3.63, 3.8) is 0 Å². The molecule has 1 amide bonds. The van der Waals surface area contributed by atoms with E-state index >= 15 is 0 Å². The Morgan fingerprint density at radius 3 is 2.31 bits per heavy atom. The molecule has 1 aliphatic rings. The van der Waals surface area contributed by atoms with Gasteiger partial charge >= 0.3 is 0 Å². The SMILES string of the molecule is CC(C)(C)CC(=O)NC1(CBr)CC1. The van der Waals surface area contributed by atoms with Gasteiger partial charge in [0.05, 0.1) is 0 Å². The highest BCUT2D eigenvalue weighted by Gasteiger charge is 2.43. The lowest BCUT2D eigenvalue weighted by Crippen LogP contribution is -2.39. The first-order valence-corrected chi connectivity index (χ1v) is 5.86. The van der Waals surface area contributed by atoms with Gasteiger partial charge < -0.3 is 5.32 Å². The van der Waals surface area contributed by atoms with E-state index in [0.717, 1.165) is 18.2 Å². The number of nitrogens with one attached hydrogen (secondary N) is 1. The Kier molecular flexibility index (Phi) is 3.05. The summed E-state index contributed by atoms with van der Waals surface area (Å²) in [5.41, 5.74) is 0.189. The Morgan fingerprint density at radius 2 is 2.00 bits per heavy atom. The fraction of sp³-hybridized carbons (Fsp3) is 0.900. The first kappa shape index (κ1) is 11.0. The molecule has 0 aromatic carbocycles. The molecule has 0 spiro atoms. The minimum Gasteiger partial charge on any atom is -0.350 e. The largest absolute Gasteiger partial charge is 0.350 e. The lowest BCUT2D eigenvalue weighted by atomic mass is 9.92. The van der Waals surface area contributed by atoms with Crippen molar-refractivity contribution in [3.8, 4) is 0 Å². The van der Waals surface area contributed by atoms with Crippen molar-refractivity contribution in [2.45, 2.75) is 45.6 Å². The molecule has 0 unspecified atom stereocenters. The number of amides is 1. The number of halogens is 1. The van der Waals surface area contributed by atoms with E-state index in [1.807, 2.05) is 0 Å². The fourth-order valence-corrected chi connectivity index (χ4v) is 1.97. The molecule has 0 saturated heterocycles. The quantitative estimate of drug-likeness (QED) is 0.764. The number of alkyl halides is 1. The first-order chi connectivity index (χ1) is 5.87. The highest BCUT2D eigenvalue weighted by atomic mass is 79.9. The minimum absolute atomic E-state index is 0.0898. The molecule has 1 saturated carbocycles. The van der Waals surface area contributed by atoms with Gasteiger partial charge in [0.25, 0.3) is 0 Å². The van der Waals surface area contributed by atoms with Crippen molar-refractivity contribution in [1.82, 2.24) is 5.32 Å². The normalized spacial score (nSPS) is 19.7. The standard InChI is InChI=1S/C10H18BrNO/c1-9(2,3)6-8(13)12-10(7-11)4-5-10/h4-7H2,1-3H3,(H,12,13). The van der Waals surface area contributed by atoms with E-state index in [2.05, 4.69) is 42.0 Å². The van der Waals surface area contributed by atoms with E-state index in [0.29, 0.717) is 6.42 Å². The molecule has 0 bridgehead atoms.